The van der Waals surface area contributed by atoms with Crippen molar-refractivity contribution in [1.29, 1.82) is 0 Å². The van der Waals surface area contributed by atoms with E-state index < -0.39 is 18.4 Å². The van der Waals surface area contributed by atoms with E-state index in [1.165, 1.54) is 12.8 Å². The lowest BCUT2D eigenvalue weighted by molar-refractivity contribution is -0.143. The van der Waals surface area contributed by atoms with Gasteiger partial charge in [0.15, 0.2) is 12.5 Å². The quantitative estimate of drug-likeness (QED) is 0.232. The summed E-state index contributed by atoms with van der Waals surface area (Å²) in [5.74, 6) is -0.430. The maximum Gasteiger partial charge on any atom is 0.338 e. The number of aliphatic carboxylic acids is 1. The molecule has 26 heavy (non-hydrogen) atoms. The smallest absolute Gasteiger partial charge is 0.338 e. The summed E-state index contributed by atoms with van der Waals surface area (Å²) in [5, 5.41) is 27.7. The van der Waals surface area contributed by atoms with Crippen molar-refractivity contribution in [3.63, 3.8) is 0 Å². The van der Waals surface area contributed by atoms with Crippen molar-refractivity contribution in [1.82, 2.24) is 0 Å². The zero-order valence-electron chi connectivity index (χ0n) is 16.2. The van der Waals surface area contributed by atoms with Crippen molar-refractivity contribution in [3.05, 3.63) is 12.2 Å². The number of carbonyl (C=O) groups is 1. The van der Waals surface area contributed by atoms with Gasteiger partial charge in [-0.15, -0.1) is 0 Å². The van der Waals surface area contributed by atoms with E-state index in [1.54, 1.807) is 0 Å². The Morgan fingerprint density at radius 2 is 1.85 bits per heavy atom. The lowest BCUT2D eigenvalue weighted by Gasteiger charge is -2.19. The first kappa shape index (κ1) is 23.1. The lowest BCUT2D eigenvalue weighted by atomic mass is 9.88. The fourth-order valence-electron chi connectivity index (χ4n) is 3.97. The third kappa shape index (κ3) is 9.13. The average molecular weight is 373 g/mol. The van der Waals surface area contributed by atoms with E-state index in [-0.39, 0.29) is 12.3 Å². The first-order chi connectivity index (χ1) is 12.5. The van der Waals surface area contributed by atoms with Crippen LogP contribution in [0, 0.1) is 17.8 Å². The van der Waals surface area contributed by atoms with Crippen LogP contribution in [0.25, 0.3) is 0 Å². The fourth-order valence-corrected chi connectivity index (χ4v) is 3.97. The van der Waals surface area contributed by atoms with Crippen molar-refractivity contribution in [2.75, 3.05) is 0 Å². The van der Waals surface area contributed by atoms with Gasteiger partial charge < -0.3 is 15.3 Å². The highest BCUT2D eigenvalue weighted by molar-refractivity contribution is 5.71. The summed E-state index contributed by atoms with van der Waals surface area (Å²) < 4.78 is 13.0. The van der Waals surface area contributed by atoms with E-state index in [0.717, 1.165) is 51.4 Å². The number of hydrogen-bond donors (Lipinski definition) is 3. The second-order valence-corrected chi connectivity index (χ2v) is 7.76. The second-order valence-electron chi connectivity index (χ2n) is 7.76. The van der Waals surface area contributed by atoms with Gasteiger partial charge in [0.05, 0.1) is 0 Å². The Morgan fingerprint density at radius 3 is 2.50 bits per heavy atom. The summed E-state index contributed by atoms with van der Waals surface area (Å²) in [7, 11) is 0. The van der Waals surface area contributed by atoms with Crippen molar-refractivity contribution in [3.8, 4) is 0 Å². The molecule has 0 amide bonds. The molecule has 0 heterocycles. The molecule has 0 bridgehead atoms. The SMILES string of the molecule is CCCCCC(C=C[C@H]1CCC[C@@H]1CCCCCC(F)C(=O)O)C(O)O. The summed E-state index contributed by atoms with van der Waals surface area (Å²) in [6.45, 7) is 2.14. The first-order valence-corrected chi connectivity index (χ1v) is 10.4. The zero-order chi connectivity index (χ0) is 19.4. The van der Waals surface area contributed by atoms with Gasteiger partial charge in [0.1, 0.15) is 0 Å². The minimum absolute atomic E-state index is 0.108. The predicted octanol–water partition coefficient (Wildman–Crippen LogP) is 4.84. The number of unbranched alkanes of at least 4 members (excludes halogenated alkanes) is 4. The van der Waals surface area contributed by atoms with Crippen LogP contribution in [0.3, 0.4) is 0 Å². The van der Waals surface area contributed by atoms with Crippen LogP contribution in [0.4, 0.5) is 4.39 Å². The number of alkyl halides is 1. The molecule has 1 saturated carbocycles. The van der Waals surface area contributed by atoms with E-state index in [0.29, 0.717) is 18.3 Å². The number of carboxylic acid groups (broad SMARTS) is 1. The molecular weight excluding hydrogens is 335 g/mol. The third-order valence-corrected chi connectivity index (χ3v) is 5.65. The molecule has 0 aromatic carbocycles. The highest BCUT2D eigenvalue weighted by Gasteiger charge is 2.25. The molecule has 3 N–H and O–H groups in total. The number of halogens is 1. The second kappa shape index (κ2) is 13.3. The van der Waals surface area contributed by atoms with E-state index in [9.17, 15) is 19.4 Å². The Bertz CT molecular complexity index is 411. The minimum atomic E-state index is -1.73. The normalized spacial score (nSPS) is 23.0. The summed E-state index contributed by atoms with van der Waals surface area (Å²) in [6, 6.07) is 0. The minimum Gasteiger partial charge on any atom is -0.479 e. The molecule has 0 aromatic heterocycles. The molecule has 2 unspecified atom stereocenters. The number of hydrogen-bond acceptors (Lipinski definition) is 3. The van der Waals surface area contributed by atoms with Crippen molar-refractivity contribution < 1.29 is 24.5 Å². The maximum atomic E-state index is 13.0. The number of aliphatic hydroxyl groups excluding tert-OH is 1. The van der Waals surface area contributed by atoms with E-state index >= 15 is 0 Å². The Labute approximate surface area is 157 Å². The molecule has 152 valence electrons. The van der Waals surface area contributed by atoms with Crippen LogP contribution in [-0.4, -0.2) is 33.8 Å². The van der Waals surface area contributed by atoms with Gasteiger partial charge >= 0.3 is 5.97 Å². The van der Waals surface area contributed by atoms with Crippen LogP contribution in [0.15, 0.2) is 12.2 Å². The number of rotatable bonds is 14. The molecule has 0 spiro atoms. The number of carboxylic acids is 1. The lowest BCUT2D eigenvalue weighted by Crippen LogP contribution is -2.18. The molecule has 0 radical (unpaired) electrons. The Morgan fingerprint density at radius 1 is 1.12 bits per heavy atom. The summed E-state index contributed by atoms with van der Waals surface area (Å²) in [6.07, 6.45) is 12.5. The van der Waals surface area contributed by atoms with Gasteiger partial charge in [-0.3, -0.25) is 0 Å². The Hall–Kier alpha value is -0.940. The van der Waals surface area contributed by atoms with Gasteiger partial charge in [0.2, 0.25) is 0 Å². The average Bonchev–Trinajstić information content (AvgIpc) is 3.04. The van der Waals surface area contributed by atoms with Crippen LogP contribution in [-0.2, 0) is 4.79 Å². The highest BCUT2D eigenvalue weighted by Crippen LogP contribution is 2.36. The molecule has 1 fully saturated rings. The van der Waals surface area contributed by atoms with Crippen LogP contribution in [0.2, 0.25) is 0 Å². The fraction of sp³-hybridized carbons (Fsp3) is 0.857. The van der Waals surface area contributed by atoms with Gasteiger partial charge in [0, 0.05) is 5.92 Å². The first-order valence-electron chi connectivity index (χ1n) is 10.4. The predicted molar refractivity (Wildman–Crippen MR) is 101 cm³/mol. The van der Waals surface area contributed by atoms with E-state index in [1.807, 2.05) is 6.08 Å². The molecule has 0 aromatic rings. The van der Waals surface area contributed by atoms with Crippen LogP contribution in [0.5, 0.6) is 0 Å². The summed E-state index contributed by atoms with van der Waals surface area (Å²) in [5.41, 5.74) is 0. The Balaban J connectivity index is 2.33. The van der Waals surface area contributed by atoms with Gasteiger partial charge in [-0.1, -0.05) is 57.6 Å². The van der Waals surface area contributed by atoms with Gasteiger partial charge in [-0.25, -0.2) is 9.18 Å². The molecule has 1 rings (SSSR count). The highest BCUT2D eigenvalue weighted by atomic mass is 19.1. The molecule has 0 aliphatic heterocycles. The number of aliphatic hydroxyl groups is 2. The van der Waals surface area contributed by atoms with Crippen molar-refractivity contribution in [2.24, 2.45) is 17.8 Å². The van der Waals surface area contributed by atoms with Crippen molar-refractivity contribution >= 4 is 5.97 Å². The van der Waals surface area contributed by atoms with Crippen LogP contribution >= 0.6 is 0 Å². The van der Waals surface area contributed by atoms with Crippen LogP contribution in [0.1, 0.15) is 84.0 Å². The van der Waals surface area contributed by atoms with E-state index in [2.05, 4.69) is 13.0 Å². The largest absolute Gasteiger partial charge is 0.479 e. The van der Waals surface area contributed by atoms with Gasteiger partial charge in [0.25, 0.3) is 0 Å². The molecule has 4 atom stereocenters. The molecule has 4 nitrogen and oxygen atoms in total. The van der Waals surface area contributed by atoms with Gasteiger partial charge in [-0.2, -0.15) is 0 Å². The molecule has 1 aliphatic rings. The Kier molecular flexibility index (Phi) is 11.8. The molecule has 1 aliphatic carbocycles. The van der Waals surface area contributed by atoms with Crippen molar-refractivity contribution in [2.45, 2.75) is 96.4 Å². The third-order valence-electron chi connectivity index (χ3n) is 5.65. The molecule has 5 heteroatoms. The monoisotopic (exact) mass is 372 g/mol. The zero-order valence-corrected chi connectivity index (χ0v) is 16.2. The molecular formula is C21H37FO4. The number of allylic oxidation sites excluding steroid dienone is 1. The topological polar surface area (TPSA) is 77.8 Å². The summed E-state index contributed by atoms with van der Waals surface area (Å²) in [4.78, 5) is 10.5. The van der Waals surface area contributed by atoms with Gasteiger partial charge in [-0.05, 0) is 50.4 Å². The maximum absolute atomic E-state index is 13.0. The van der Waals surface area contributed by atoms with Crippen LogP contribution < -0.4 is 0 Å². The van der Waals surface area contributed by atoms with E-state index in [4.69, 9.17) is 5.11 Å². The molecule has 0 saturated heterocycles. The summed E-state index contributed by atoms with van der Waals surface area (Å²) >= 11 is 0. The standard InChI is InChI=1S/C21H37FO4/c1-2-3-5-10-18(20(23)24)15-14-17-12-8-11-16(17)9-6-4-7-13-19(22)21(25)26/h14-20,23-24H,2-13H2,1H3,(H,25,26)/t16-,17+,18?,19?/m0/s1.